The van der Waals surface area contributed by atoms with Crippen LogP contribution in [0.3, 0.4) is 0 Å². The molecular weight excluding hydrogens is 258 g/mol. The molecule has 0 saturated heterocycles. The number of halogens is 1. The zero-order valence-electron chi connectivity index (χ0n) is 11.4. The van der Waals surface area contributed by atoms with Crippen LogP contribution in [0.25, 0.3) is 0 Å². The highest BCUT2D eigenvalue weighted by atomic mass is 35.5. The third kappa shape index (κ3) is 4.37. The molecule has 102 valence electrons. The van der Waals surface area contributed by atoms with Gasteiger partial charge in [0.1, 0.15) is 0 Å². The van der Waals surface area contributed by atoms with Gasteiger partial charge in [-0.2, -0.15) is 5.10 Å². The second kappa shape index (κ2) is 6.73. The predicted octanol–water partition coefficient (Wildman–Crippen LogP) is 3.45. The summed E-state index contributed by atoms with van der Waals surface area (Å²) in [6, 6.07) is 10.5. The standard InChI is InChI=1S/C15H20ClN3/c1-12(2)19-10-8-15(18-19)11-17-9-7-13-3-5-14(16)6-4-13/h3-6,8,10,12,17H,7,9,11H2,1-2H3. The Balaban J connectivity index is 1.72. The first-order valence-corrected chi connectivity index (χ1v) is 7.02. The molecule has 3 nitrogen and oxygen atoms in total. The molecule has 2 rings (SSSR count). The highest BCUT2D eigenvalue weighted by Gasteiger charge is 2.01. The van der Waals surface area contributed by atoms with Crippen LogP contribution in [-0.4, -0.2) is 16.3 Å². The second-order valence-corrected chi connectivity index (χ2v) is 5.37. The average molecular weight is 278 g/mol. The first-order chi connectivity index (χ1) is 9.15. The van der Waals surface area contributed by atoms with Crippen molar-refractivity contribution in [3.8, 4) is 0 Å². The fourth-order valence-corrected chi connectivity index (χ4v) is 1.99. The Morgan fingerprint density at radius 1 is 1.21 bits per heavy atom. The van der Waals surface area contributed by atoms with Crippen LogP contribution in [0.1, 0.15) is 31.1 Å². The number of hydrogen-bond acceptors (Lipinski definition) is 2. The normalized spacial score (nSPS) is 11.2. The SMILES string of the molecule is CC(C)n1ccc(CNCCc2ccc(Cl)cc2)n1. The highest BCUT2D eigenvalue weighted by molar-refractivity contribution is 6.30. The number of rotatable bonds is 6. The van der Waals surface area contributed by atoms with Crippen molar-refractivity contribution in [3.05, 3.63) is 52.8 Å². The Morgan fingerprint density at radius 3 is 2.58 bits per heavy atom. The Kier molecular flexibility index (Phi) is 5.00. The minimum absolute atomic E-state index is 0.419. The molecule has 0 fully saturated rings. The third-order valence-corrected chi connectivity index (χ3v) is 3.25. The zero-order chi connectivity index (χ0) is 13.7. The number of nitrogens with one attached hydrogen (secondary N) is 1. The van der Waals surface area contributed by atoms with E-state index in [2.05, 4.69) is 42.5 Å². The Labute approximate surface area is 119 Å². The van der Waals surface area contributed by atoms with Crippen LogP contribution in [0, 0.1) is 0 Å². The smallest absolute Gasteiger partial charge is 0.0762 e. The summed E-state index contributed by atoms with van der Waals surface area (Å²) in [5, 5.41) is 8.70. The molecule has 0 aliphatic carbocycles. The van der Waals surface area contributed by atoms with Gasteiger partial charge in [0.05, 0.1) is 5.69 Å². The van der Waals surface area contributed by atoms with Gasteiger partial charge in [-0.1, -0.05) is 23.7 Å². The van der Waals surface area contributed by atoms with Crippen LogP contribution < -0.4 is 5.32 Å². The zero-order valence-corrected chi connectivity index (χ0v) is 12.2. The van der Waals surface area contributed by atoms with Crippen molar-refractivity contribution < 1.29 is 0 Å². The molecule has 1 aromatic carbocycles. The third-order valence-electron chi connectivity index (χ3n) is 3.00. The van der Waals surface area contributed by atoms with Crippen LogP contribution in [0.15, 0.2) is 36.5 Å². The molecule has 19 heavy (non-hydrogen) atoms. The minimum Gasteiger partial charge on any atom is -0.311 e. The second-order valence-electron chi connectivity index (χ2n) is 4.93. The van der Waals surface area contributed by atoms with Crippen molar-refractivity contribution in [2.45, 2.75) is 32.9 Å². The van der Waals surface area contributed by atoms with E-state index >= 15 is 0 Å². The van der Waals surface area contributed by atoms with E-state index in [0.717, 1.165) is 30.2 Å². The summed E-state index contributed by atoms with van der Waals surface area (Å²) in [4.78, 5) is 0. The summed E-state index contributed by atoms with van der Waals surface area (Å²) in [7, 11) is 0. The van der Waals surface area contributed by atoms with Crippen molar-refractivity contribution in [3.63, 3.8) is 0 Å². The quantitative estimate of drug-likeness (QED) is 0.820. The fraction of sp³-hybridized carbons (Fsp3) is 0.400. The number of benzene rings is 1. The van der Waals surface area contributed by atoms with Crippen molar-refractivity contribution in [2.75, 3.05) is 6.54 Å². The van der Waals surface area contributed by atoms with Crippen LogP contribution >= 0.6 is 11.6 Å². The lowest BCUT2D eigenvalue weighted by Gasteiger charge is -2.05. The van der Waals surface area contributed by atoms with Gasteiger partial charge in [0, 0.05) is 23.8 Å². The Hall–Kier alpha value is -1.32. The van der Waals surface area contributed by atoms with E-state index in [9.17, 15) is 0 Å². The Morgan fingerprint density at radius 2 is 1.95 bits per heavy atom. The molecule has 4 heteroatoms. The van der Waals surface area contributed by atoms with Crippen LogP contribution in [0.2, 0.25) is 5.02 Å². The fourth-order valence-electron chi connectivity index (χ4n) is 1.86. The topological polar surface area (TPSA) is 29.9 Å². The van der Waals surface area contributed by atoms with Gasteiger partial charge in [-0.05, 0) is 50.6 Å². The molecule has 1 heterocycles. The molecule has 2 aromatic rings. The maximum atomic E-state index is 5.85. The summed E-state index contributed by atoms with van der Waals surface area (Å²) in [5.74, 6) is 0. The van der Waals surface area contributed by atoms with Crippen molar-refractivity contribution in [1.29, 1.82) is 0 Å². The highest BCUT2D eigenvalue weighted by Crippen LogP contribution is 2.09. The number of aromatic nitrogens is 2. The van der Waals surface area contributed by atoms with Crippen LogP contribution in [-0.2, 0) is 13.0 Å². The van der Waals surface area contributed by atoms with Crippen molar-refractivity contribution in [2.24, 2.45) is 0 Å². The van der Waals surface area contributed by atoms with E-state index < -0.39 is 0 Å². The van der Waals surface area contributed by atoms with Gasteiger partial charge in [0.25, 0.3) is 0 Å². The van der Waals surface area contributed by atoms with E-state index in [1.54, 1.807) is 0 Å². The van der Waals surface area contributed by atoms with Gasteiger partial charge in [-0.3, -0.25) is 4.68 Å². The Bertz CT molecular complexity index is 502. The molecule has 0 unspecified atom stereocenters. The van der Waals surface area contributed by atoms with Crippen molar-refractivity contribution >= 4 is 11.6 Å². The molecule has 0 saturated carbocycles. The molecule has 1 N–H and O–H groups in total. The van der Waals surface area contributed by atoms with Gasteiger partial charge in [-0.15, -0.1) is 0 Å². The predicted molar refractivity (Wildman–Crippen MR) is 79.5 cm³/mol. The minimum atomic E-state index is 0.419. The van der Waals surface area contributed by atoms with E-state index in [1.807, 2.05) is 23.0 Å². The lowest BCUT2D eigenvalue weighted by Crippen LogP contribution is -2.17. The molecule has 0 aliphatic heterocycles. The van der Waals surface area contributed by atoms with E-state index in [4.69, 9.17) is 11.6 Å². The number of nitrogens with zero attached hydrogens (tertiary/aromatic N) is 2. The maximum Gasteiger partial charge on any atom is 0.0762 e. The van der Waals surface area contributed by atoms with Gasteiger partial charge in [0.2, 0.25) is 0 Å². The van der Waals surface area contributed by atoms with E-state index in [1.165, 1.54) is 5.56 Å². The largest absolute Gasteiger partial charge is 0.311 e. The lowest BCUT2D eigenvalue weighted by atomic mass is 10.1. The van der Waals surface area contributed by atoms with Crippen LogP contribution in [0.4, 0.5) is 0 Å². The summed E-state index contributed by atoms with van der Waals surface area (Å²) in [5.41, 5.74) is 2.38. The molecular formula is C15H20ClN3. The van der Waals surface area contributed by atoms with Gasteiger partial charge in [0.15, 0.2) is 0 Å². The lowest BCUT2D eigenvalue weighted by molar-refractivity contribution is 0.521. The molecule has 0 radical (unpaired) electrons. The summed E-state index contributed by atoms with van der Waals surface area (Å²) < 4.78 is 1.98. The summed E-state index contributed by atoms with van der Waals surface area (Å²) in [6.07, 6.45) is 3.03. The van der Waals surface area contributed by atoms with Crippen molar-refractivity contribution in [1.82, 2.24) is 15.1 Å². The van der Waals surface area contributed by atoms with Gasteiger partial charge < -0.3 is 5.32 Å². The first-order valence-electron chi connectivity index (χ1n) is 6.64. The molecule has 0 atom stereocenters. The summed E-state index contributed by atoms with van der Waals surface area (Å²) in [6.45, 7) is 6.01. The van der Waals surface area contributed by atoms with Crippen LogP contribution in [0.5, 0.6) is 0 Å². The molecule has 0 amide bonds. The number of hydrogen-bond donors (Lipinski definition) is 1. The van der Waals surface area contributed by atoms with Gasteiger partial charge in [-0.25, -0.2) is 0 Å². The van der Waals surface area contributed by atoms with Gasteiger partial charge >= 0.3 is 0 Å². The monoisotopic (exact) mass is 277 g/mol. The molecule has 0 aliphatic rings. The molecule has 1 aromatic heterocycles. The average Bonchev–Trinajstić information content (AvgIpc) is 2.86. The molecule has 0 bridgehead atoms. The maximum absolute atomic E-state index is 5.85. The van der Waals surface area contributed by atoms with E-state index in [0.29, 0.717) is 6.04 Å². The molecule has 0 spiro atoms. The first kappa shape index (κ1) is 14.1. The van der Waals surface area contributed by atoms with E-state index in [-0.39, 0.29) is 0 Å². The summed E-state index contributed by atoms with van der Waals surface area (Å²) >= 11 is 5.85.